The molecule has 0 radical (unpaired) electrons. The highest BCUT2D eigenvalue weighted by molar-refractivity contribution is 6.19. The largest absolute Gasteiger partial charge is 0.306 e. The van der Waals surface area contributed by atoms with Crippen LogP contribution in [0.1, 0.15) is 22.3 Å². The molecule has 0 fully saturated rings. The van der Waals surface area contributed by atoms with Gasteiger partial charge in [-0.3, -0.25) is 19.8 Å². The summed E-state index contributed by atoms with van der Waals surface area (Å²) in [5.74, 6) is -0.660. The summed E-state index contributed by atoms with van der Waals surface area (Å²) in [5, 5.41) is 8.56. The van der Waals surface area contributed by atoms with Crippen molar-refractivity contribution in [2.24, 2.45) is 4.99 Å². The minimum atomic E-state index is -0.593. The van der Waals surface area contributed by atoms with E-state index in [-0.39, 0.29) is 12.5 Å². The number of benzene rings is 3. The summed E-state index contributed by atoms with van der Waals surface area (Å²) in [6.07, 6.45) is 2.84. The summed E-state index contributed by atoms with van der Waals surface area (Å²) in [6.45, 7) is 0.491. The Morgan fingerprint density at radius 2 is 1.71 bits per heavy atom. The lowest BCUT2D eigenvalue weighted by molar-refractivity contribution is -0.124. The van der Waals surface area contributed by atoms with Crippen molar-refractivity contribution in [1.82, 2.24) is 5.48 Å². The first-order chi connectivity index (χ1) is 15.2. The van der Waals surface area contributed by atoms with Crippen LogP contribution >= 0.6 is 0 Å². The van der Waals surface area contributed by atoms with E-state index < -0.39 is 5.91 Å². The van der Waals surface area contributed by atoms with E-state index in [9.17, 15) is 9.59 Å². The molecule has 0 aromatic heterocycles. The Hall–Kier alpha value is -4.03. The number of carbonyl (C=O) groups excluding carboxylic acids is 2. The zero-order chi connectivity index (χ0) is 21.6. The van der Waals surface area contributed by atoms with Crippen LogP contribution in [-0.2, 0) is 16.1 Å². The van der Waals surface area contributed by atoms with Crippen molar-refractivity contribution in [2.45, 2.75) is 6.54 Å². The van der Waals surface area contributed by atoms with Crippen LogP contribution in [-0.4, -0.2) is 29.3 Å². The van der Waals surface area contributed by atoms with Gasteiger partial charge in [0.2, 0.25) is 5.91 Å². The number of nitrogens with zero attached hydrogens (tertiary/aromatic N) is 2. The third-order valence-corrected chi connectivity index (χ3v) is 5.03. The predicted molar refractivity (Wildman–Crippen MR) is 120 cm³/mol. The minimum Gasteiger partial charge on any atom is -0.306 e. The number of aliphatic imine (C=N–C) groups is 1. The van der Waals surface area contributed by atoms with Gasteiger partial charge in [0.15, 0.2) is 0 Å². The quantitative estimate of drug-likeness (QED) is 0.382. The zero-order valence-electron chi connectivity index (χ0n) is 16.7. The molecule has 6 heteroatoms. The minimum absolute atomic E-state index is 0.0676. The van der Waals surface area contributed by atoms with E-state index in [1.54, 1.807) is 16.5 Å². The maximum atomic E-state index is 13.0. The number of para-hydroxylation sites is 1. The first-order valence-electron chi connectivity index (χ1n) is 9.86. The first kappa shape index (κ1) is 20.3. The van der Waals surface area contributed by atoms with Gasteiger partial charge in [-0.25, -0.2) is 5.48 Å². The molecule has 0 saturated carbocycles. The molecule has 1 aliphatic rings. The van der Waals surface area contributed by atoms with Crippen molar-refractivity contribution in [2.75, 3.05) is 11.4 Å². The number of nitrogens with one attached hydrogen (secondary N) is 1. The first-order valence-corrected chi connectivity index (χ1v) is 9.86. The average molecular weight is 411 g/mol. The number of hydrogen-bond acceptors (Lipinski definition) is 4. The van der Waals surface area contributed by atoms with Crippen LogP contribution in [0.4, 0.5) is 5.69 Å². The molecular formula is C25H21N3O3. The lowest BCUT2D eigenvalue weighted by atomic mass is 10.00. The number of rotatable bonds is 5. The number of amides is 2. The van der Waals surface area contributed by atoms with E-state index in [2.05, 4.69) is 4.99 Å². The Balaban J connectivity index is 1.62. The lowest BCUT2D eigenvalue weighted by Crippen LogP contribution is -2.31. The van der Waals surface area contributed by atoms with E-state index in [1.165, 1.54) is 6.08 Å². The Morgan fingerprint density at radius 1 is 1.00 bits per heavy atom. The van der Waals surface area contributed by atoms with Crippen LogP contribution in [0.5, 0.6) is 0 Å². The average Bonchev–Trinajstić information content (AvgIpc) is 2.95. The summed E-state index contributed by atoms with van der Waals surface area (Å²) in [4.78, 5) is 30.5. The van der Waals surface area contributed by atoms with Gasteiger partial charge in [0.25, 0.3) is 5.91 Å². The number of carbonyl (C=O) groups is 2. The van der Waals surface area contributed by atoms with Gasteiger partial charge < -0.3 is 4.90 Å². The maximum Gasteiger partial charge on any atom is 0.267 e. The molecule has 1 aliphatic heterocycles. The van der Waals surface area contributed by atoms with E-state index in [1.807, 2.05) is 78.9 Å². The van der Waals surface area contributed by atoms with Gasteiger partial charge in [0.1, 0.15) is 6.54 Å². The molecule has 154 valence electrons. The van der Waals surface area contributed by atoms with Crippen LogP contribution in [0.25, 0.3) is 6.08 Å². The summed E-state index contributed by atoms with van der Waals surface area (Å²) in [7, 11) is 0. The van der Waals surface area contributed by atoms with Crippen molar-refractivity contribution in [3.05, 3.63) is 107 Å². The number of hydrogen-bond donors (Lipinski definition) is 2. The molecule has 0 aliphatic carbocycles. The standard InChI is InChI=1S/C25H21N3O3/c29-23(27-31)15-14-18-10-12-19(13-11-18)17-28-22-9-5-4-8-21(22)25(26-16-24(28)30)20-6-2-1-3-7-20/h1-15,31H,16-17H2,(H,27,29). The number of benzodiazepines with no additional fused rings is 1. The Bertz CT molecular complexity index is 1150. The fourth-order valence-corrected chi connectivity index (χ4v) is 3.50. The fraction of sp³-hybridized carbons (Fsp3) is 0.0800. The molecule has 3 aromatic rings. The highest BCUT2D eigenvalue weighted by Crippen LogP contribution is 2.28. The Labute approximate surface area is 180 Å². The second-order valence-electron chi connectivity index (χ2n) is 7.08. The zero-order valence-corrected chi connectivity index (χ0v) is 16.7. The van der Waals surface area contributed by atoms with Gasteiger partial charge in [-0.1, -0.05) is 72.8 Å². The van der Waals surface area contributed by atoms with E-state index in [4.69, 9.17) is 5.21 Å². The third kappa shape index (κ3) is 4.60. The predicted octanol–water partition coefficient (Wildman–Crippen LogP) is 3.59. The highest BCUT2D eigenvalue weighted by atomic mass is 16.5. The molecule has 6 nitrogen and oxygen atoms in total. The molecule has 0 unspecified atom stereocenters. The Kier molecular flexibility index (Phi) is 6.01. The summed E-state index contributed by atoms with van der Waals surface area (Å²) in [5.41, 5.74) is 6.87. The van der Waals surface area contributed by atoms with E-state index in [0.717, 1.165) is 33.7 Å². The molecule has 0 saturated heterocycles. The lowest BCUT2D eigenvalue weighted by Gasteiger charge is -2.23. The molecular weight excluding hydrogens is 390 g/mol. The molecule has 0 bridgehead atoms. The van der Waals surface area contributed by atoms with Crippen molar-refractivity contribution < 1.29 is 14.8 Å². The van der Waals surface area contributed by atoms with Crippen LogP contribution in [0.15, 0.2) is 89.9 Å². The summed E-state index contributed by atoms with van der Waals surface area (Å²) < 4.78 is 0. The van der Waals surface area contributed by atoms with Crippen molar-refractivity contribution in [3.8, 4) is 0 Å². The van der Waals surface area contributed by atoms with Gasteiger partial charge >= 0.3 is 0 Å². The number of anilines is 1. The second-order valence-corrected chi connectivity index (χ2v) is 7.08. The van der Waals surface area contributed by atoms with E-state index >= 15 is 0 Å². The fourth-order valence-electron chi connectivity index (χ4n) is 3.50. The number of fused-ring (bicyclic) bond motifs is 1. The monoisotopic (exact) mass is 411 g/mol. The molecule has 3 aromatic carbocycles. The van der Waals surface area contributed by atoms with Crippen molar-refractivity contribution >= 4 is 29.3 Å². The molecule has 31 heavy (non-hydrogen) atoms. The topological polar surface area (TPSA) is 82.0 Å². The molecule has 2 N–H and O–H groups in total. The third-order valence-electron chi connectivity index (χ3n) is 5.03. The van der Waals surface area contributed by atoms with Crippen LogP contribution in [0.3, 0.4) is 0 Å². The van der Waals surface area contributed by atoms with Crippen LogP contribution in [0.2, 0.25) is 0 Å². The summed E-state index contributed by atoms with van der Waals surface area (Å²) in [6, 6.07) is 25.2. The normalized spacial score (nSPS) is 13.5. The molecule has 0 atom stereocenters. The van der Waals surface area contributed by atoms with Crippen molar-refractivity contribution in [1.29, 1.82) is 0 Å². The van der Waals surface area contributed by atoms with E-state index in [0.29, 0.717) is 6.54 Å². The van der Waals surface area contributed by atoms with Gasteiger partial charge in [-0.15, -0.1) is 0 Å². The number of hydroxylamine groups is 1. The van der Waals surface area contributed by atoms with Gasteiger partial charge in [-0.05, 0) is 23.3 Å². The molecule has 4 rings (SSSR count). The van der Waals surface area contributed by atoms with Crippen LogP contribution in [0, 0.1) is 0 Å². The Morgan fingerprint density at radius 3 is 2.45 bits per heavy atom. The second kappa shape index (κ2) is 9.19. The maximum absolute atomic E-state index is 13.0. The summed E-state index contributed by atoms with van der Waals surface area (Å²) >= 11 is 0. The smallest absolute Gasteiger partial charge is 0.267 e. The highest BCUT2D eigenvalue weighted by Gasteiger charge is 2.24. The molecule has 2 amide bonds. The van der Waals surface area contributed by atoms with Gasteiger partial charge in [-0.2, -0.15) is 0 Å². The van der Waals surface area contributed by atoms with Gasteiger partial charge in [0, 0.05) is 17.2 Å². The van der Waals surface area contributed by atoms with Crippen LogP contribution < -0.4 is 10.4 Å². The van der Waals surface area contributed by atoms with Crippen molar-refractivity contribution in [3.63, 3.8) is 0 Å². The molecule has 0 spiro atoms. The van der Waals surface area contributed by atoms with Gasteiger partial charge in [0.05, 0.1) is 17.9 Å². The SMILES string of the molecule is O=C(C=Cc1ccc(CN2C(=O)CN=C(c3ccccc3)c3ccccc32)cc1)NO. The molecule has 1 heterocycles.